The van der Waals surface area contributed by atoms with Crippen LogP contribution in [0.25, 0.3) is 72.5 Å². The molecule has 0 bridgehead atoms. The van der Waals surface area contributed by atoms with Crippen molar-refractivity contribution in [2.45, 2.75) is 0 Å². The molecule has 8 rings (SSSR count). The molecule has 0 aliphatic rings. The molecule has 3 heteroatoms. The van der Waals surface area contributed by atoms with E-state index in [0.717, 1.165) is 55.6 Å². The van der Waals surface area contributed by atoms with Gasteiger partial charge in [0.25, 0.3) is 0 Å². The number of hydrogen-bond acceptors (Lipinski definition) is 2. The van der Waals surface area contributed by atoms with Crippen molar-refractivity contribution in [3.05, 3.63) is 164 Å². The number of para-hydroxylation sites is 2. The molecular weight excluding hydrogens is 522 g/mol. The Morgan fingerprint density at radius 3 is 1.58 bits per heavy atom. The summed E-state index contributed by atoms with van der Waals surface area (Å²) in [7, 11) is 0. The van der Waals surface area contributed by atoms with Crippen molar-refractivity contribution in [1.82, 2.24) is 14.5 Å². The molecule has 2 aromatic heterocycles. The molecule has 0 unspecified atom stereocenters. The van der Waals surface area contributed by atoms with Gasteiger partial charge in [-0.05, 0) is 52.6 Å². The van der Waals surface area contributed by atoms with Crippen molar-refractivity contribution in [1.29, 1.82) is 0 Å². The standard InChI is InChI=1S/C40H27N3/c1-4-14-28(15-5-1)30-18-12-20-32(26-30)37-39-38(35-24-10-11-25-36(35)43(39)34-22-8-3-9-23-34)42-40(41-37)33-21-13-19-31(27-33)29-16-6-2-7-17-29/h1-27H. The minimum absolute atomic E-state index is 0.710. The van der Waals surface area contributed by atoms with Crippen molar-refractivity contribution < 1.29 is 0 Å². The van der Waals surface area contributed by atoms with E-state index >= 15 is 0 Å². The van der Waals surface area contributed by atoms with Crippen molar-refractivity contribution in [3.63, 3.8) is 0 Å². The van der Waals surface area contributed by atoms with Gasteiger partial charge in [0.05, 0.1) is 16.7 Å². The van der Waals surface area contributed by atoms with Gasteiger partial charge in [-0.1, -0.05) is 133 Å². The summed E-state index contributed by atoms with van der Waals surface area (Å²) in [5.41, 5.74) is 11.7. The Hall–Kier alpha value is -5.80. The van der Waals surface area contributed by atoms with Crippen LogP contribution < -0.4 is 0 Å². The fourth-order valence-corrected chi connectivity index (χ4v) is 5.96. The smallest absolute Gasteiger partial charge is 0.160 e. The molecule has 43 heavy (non-hydrogen) atoms. The molecule has 0 radical (unpaired) electrons. The minimum Gasteiger partial charge on any atom is -0.306 e. The number of rotatable bonds is 5. The summed E-state index contributed by atoms with van der Waals surface area (Å²) in [6.07, 6.45) is 0. The number of nitrogens with zero attached hydrogens (tertiary/aromatic N) is 3. The molecular formula is C40H27N3. The van der Waals surface area contributed by atoms with Crippen molar-refractivity contribution >= 4 is 21.9 Å². The molecule has 0 amide bonds. The van der Waals surface area contributed by atoms with Crippen molar-refractivity contribution in [2.75, 3.05) is 0 Å². The Kier molecular flexibility index (Phi) is 6.12. The number of benzene rings is 6. The van der Waals surface area contributed by atoms with Crippen LogP contribution in [0.3, 0.4) is 0 Å². The third kappa shape index (κ3) is 4.48. The van der Waals surface area contributed by atoms with Crippen LogP contribution in [0.5, 0.6) is 0 Å². The zero-order valence-electron chi connectivity index (χ0n) is 23.4. The van der Waals surface area contributed by atoms with E-state index in [-0.39, 0.29) is 0 Å². The van der Waals surface area contributed by atoms with Gasteiger partial charge in [0.1, 0.15) is 5.52 Å². The molecule has 2 heterocycles. The van der Waals surface area contributed by atoms with Crippen LogP contribution in [-0.4, -0.2) is 14.5 Å². The maximum Gasteiger partial charge on any atom is 0.160 e. The zero-order chi connectivity index (χ0) is 28.6. The molecule has 202 valence electrons. The van der Waals surface area contributed by atoms with Crippen LogP contribution in [0.1, 0.15) is 0 Å². The lowest BCUT2D eigenvalue weighted by Gasteiger charge is -2.13. The van der Waals surface area contributed by atoms with Crippen molar-refractivity contribution in [3.8, 4) is 50.6 Å². The number of aromatic nitrogens is 3. The molecule has 8 aromatic rings. The first-order valence-corrected chi connectivity index (χ1v) is 14.5. The normalized spacial score (nSPS) is 11.3. The van der Waals surface area contributed by atoms with Gasteiger partial charge in [0.15, 0.2) is 5.82 Å². The van der Waals surface area contributed by atoms with E-state index in [2.05, 4.69) is 162 Å². The predicted octanol–water partition coefficient (Wildman–Crippen LogP) is 10.2. The first kappa shape index (κ1) is 25.0. The summed E-state index contributed by atoms with van der Waals surface area (Å²) < 4.78 is 2.30. The Labute approximate surface area is 250 Å². The van der Waals surface area contributed by atoms with Gasteiger partial charge < -0.3 is 4.57 Å². The molecule has 0 aliphatic heterocycles. The molecule has 0 saturated carbocycles. The summed E-state index contributed by atoms with van der Waals surface area (Å²) in [4.78, 5) is 10.6. The Balaban J connectivity index is 1.44. The highest BCUT2D eigenvalue weighted by Gasteiger charge is 2.21. The van der Waals surface area contributed by atoms with Gasteiger partial charge in [-0.2, -0.15) is 0 Å². The van der Waals surface area contributed by atoms with E-state index in [1.54, 1.807) is 0 Å². The van der Waals surface area contributed by atoms with Gasteiger partial charge in [0, 0.05) is 22.2 Å². The molecule has 0 fully saturated rings. The summed E-state index contributed by atoms with van der Waals surface area (Å²) >= 11 is 0. The third-order valence-corrected chi connectivity index (χ3v) is 7.99. The molecule has 0 saturated heterocycles. The molecule has 0 spiro atoms. The Morgan fingerprint density at radius 2 is 0.907 bits per heavy atom. The molecule has 3 nitrogen and oxygen atoms in total. The lowest BCUT2D eigenvalue weighted by molar-refractivity contribution is 1.15. The third-order valence-electron chi connectivity index (χ3n) is 7.99. The number of fused-ring (bicyclic) bond motifs is 3. The number of hydrogen-bond donors (Lipinski definition) is 0. The highest BCUT2D eigenvalue weighted by molar-refractivity contribution is 6.11. The summed E-state index contributed by atoms with van der Waals surface area (Å²) in [5, 5.41) is 1.10. The average molecular weight is 550 g/mol. The topological polar surface area (TPSA) is 30.7 Å². The highest BCUT2D eigenvalue weighted by Crippen LogP contribution is 2.39. The monoisotopic (exact) mass is 549 g/mol. The zero-order valence-corrected chi connectivity index (χ0v) is 23.4. The van der Waals surface area contributed by atoms with E-state index in [1.807, 2.05) is 6.07 Å². The van der Waals surface area contributed by atoms with E-state index < -0.39 is 0 Å². The van der Waals surface area contributed by atoms with Crippen LogP contribution in [0.4, 0.5) is 0 Å². The Morgan fingerprint density at radius 1 is 0.395 bits per heavy atom. The van der Waals surface area contributed by atoms with Gasteiger partial charge >= 0.3 is 0 Å². The fraction of sp³-hybridized carbons (Fsp3) is 0. The van der Waals surface area contributed by atoms with Gasteiger partial charge in [-0.15, -0.1) is 0 Å². The second-order valence-corrected chi connectivity index (χ2v) is 10.7. The molecule has 0 aliphatic carbocycles. The van der Waals surface area contributed by atoms with Crippen LogP contribution in [0.2, 0.25) is 0 Å². The highest BCUT2D eigenvalue weighted by atomic mass is 15.0. The quantitative estimate of drug-likeness (QED) is 0.214. The van der Waals surface area contributed by atoms with E-state index in [9.17, 15) is 0 Å². The maximum atomic E-state index is 5.36. The SMILES string of the molecule is c1ccc(-c2cccc(-c3nc(-c4cccc(-c5ccccc5)c4)c4c(n3)c3ccccc3n4-c3ccccc3)c2)cc1. The average Bonchev–Trinajstić information content (AvgIpc) is 3.43. The first-order valence-electron chi connectivity index (χ1n) is 14.5. The molecule has 0 N–H and O–H groups in total. The second-order valence-electron chi connectivity index (χ2n) is 10.7. The van der Waals surface area contributed by atoms with Crippen LogP contribution in [-0.2, 0) is 0 Å². The van der Waals surface area contributed by atoms with E-state index in [1.165, 1.54) is 11.1 Å². The lowest BCUT2D eigenvalue weighted by atomic mass is 10.0. The summed E-state index contributed by atoms with van der Waals surface area (Å²) in [5.74, 6) is 0.710. The maximum absolute atomic E-state index is 5.36. The summed E-state index contributed by atoms with van der Waals surface area (Å²) in [6.45, 7) is 0. The molecule has 0 atom stereocenters. The fourth-order valence-electron chi connectivity index (χ4n) is 5.96. The lowest BCUT2D eigenvalue weighted by Crippen LogP contribution is -2.00. The molecule has 6 aromatic carbocycles. The van der Waals surface area contributed by atoms with Gasteiger partial charge in [0.2, 0.25) is 0 Å². The van der Waals surface area contributed by atoms with Crippen LogP contribution in [0.15, 0.2) is 164 Å². The largest absolute Gasteiger partial charge is 0.306 e. The second kappa shape index (κ2) is 10.6. The first-order chi connectivity index (χ1) is 21.3. The van der Waals surface area contributed by atoms with Gasteiger partial charge in [-0.3, -0.25) is 0 Å². The Bertz CT molecular complexity index is 2220. The van der Waals surface area contributed by atoms with Crippen LogP contribution >= 0.6 is 0 Å². The predicted molar refractivity (Wildman–Crippen MR) is 178 cm³/mol. The summed E-state index contributed by atoms with van der Waals surface area (Å²) in [6, 6.07) is 57.2. The van der Waals surface area contributed by atoms with Gasteiger partial charge in [-0.25, -0.2) is 9.97 Å². The minimum atomic E-state index is 0.710. The van der Waals surface area contributed by atoms with E-state index in [4.69, 9.17) is 9.97 Å². The van der Waals surface area contributed by atoms with Crippen LogP contribution in [0, 0.1) is 0 Å². The van der Waals surface area contributed by atoms with E-state index in [0.29, 0.717) is 5.82 Å². The van der Waals surface area contributed by atoms with Crippen molar-refractivity contribution in [2.24, 2.45) is 0 Å².